The second-order valence-electron chi connectivity index (χ2n) is 4.27. The van der Waals surface area contributed by atoms with Crippen molar-refractivity contribution >= 4 is 11.9 Å². The van der Waals surface area contributed by atoms with Gasteiger partial charge in [0, 0.05) is 0 Å². The molecule has 2 unspecified atom stereocenters. The molecule has 0 saturated heterocycles. The standard InChI is InChI=1S/C9H10F3NO3/c10-9(11,12)6(14)13-8(7(15)16)4-2-1-3-5(4)8/h4-5H,1-3H2,(H,13,14)(H,15,16). The van der Waals surface area contributed by atoms with E-state index in [1.807, 2.05) is 0 Å². The summed E-state index contributed by atoms with van der Waals surface area (Å²) < 4.78 is 36.1. The fourth-order valence-electron chi connectivity index (χ4n) is 2.77. The maximum atomic E-state index is 12.0. The lowest BCUT2D eigenvalue weighted by Gasteiger charge is -2.18. The van der Waals surface area contributed by atoms with E-state index in [9.17, 15) is 22.8 Å². The molecule has 0 aromatic heterocycles. The van der Waals surface area contributed by atoms with Crippen LogP contribution in [0, 0.1) is 11.8 Å². The lowest BCUT2D eigenvalue weighted by Crippen LogP contribution is -2.51. The molecular formula is C9H10F3NO3. The van der Waals surface area contributed by atoms with Gasteiger partial charge in [-0.2, -0.15) is 13.2 Å². The minimum atomic E-state index is -5.03. The number of carboxylic acids is 1. The average Bonchev–Trinajstić information content (AvgIpc) is 2.58. The zero-order valence-electron chi connectivity index (χ0n) is 8.17. The van der Waals surface area contributed by atoms with Crippen molar-refractivity contribution in [3.8, 4) is 0 Å². The van der Waals surface area contributed by atoms with Gasteiger partial charge in [-0.3, -0.25) is 4.79 Å². The normalized spacial score (nSPS) is 36.7. The summed E-state index contributed by atoms with van der Waals surface area (Å²) in [5.41, 5.74) is -1.66. The van der Waals surface area contributed by atoms with Gasteiger partial charge in [-0.25, -0.2) is 4.79 Å². The third-order valence-electron chi connectivity index (χ3n) is 3.51. The van der Waals surface area contributed by atoms with E-state index >= 15 is 0 Å². The highest BCUT2D eigenvalue weighted by Gasteiger charge is 2.73. The topological polar surface area (TPSA) is 66.4 Å². The molecule has 90 valence electrons. The predicted octanol–water partition coefficient (Wildman–Crippen LogP) is 0.918. The van der Waals surface area contributed by atoms with E-state index in [1.165, 1.54) is 0 Å². The molecule has 0 aromatic carbocycles. The Morgan fingerprint density at radius 2 is 1.75 bits per heavy atom. The number of hydrogen-bond donors (Lipinski definition) is 2. The van der Waals surface area contributed by atoms with Gasteiger partial charge in [0.2, 0.25) is 0 Å². The molecule has 7 heteroatoms. The number of carboxylic acid groups (broad SMARTS) is 1. The maximum absolute atomic E-state index is 12.0. The molecule has 0 bridgehead atoms. The number of alkyl halides is 3. The number of carbonyl (C=O) groups is 2. The first-order valence-electron chi connectivity index (χ1n) is 4.93. The van der Waals surface area contributed by atoms with E-state index in [4.69, 9.17) is 5.11 Å². The molecule has 0 aromatic rings. The summed E-state index contributed by atoms with van der Waals surface area (Å²) >= 11 is 0. The Balaban J connectivity index is 2.13. The molecule has 16 heavy (non-hydrogen) atoms. The highest BCUT2D eigenvalue weighted by atomic mass is 19.4. The summed E-state index contributed by atoms with van der Waals surface area (Å²) in [5.74, 6) is -4.20. The Morgan fingerprint density at radius 3 is 2.12 bits per heavy atom. The van der Waals surface area contributed by atoms with Crippen LogP contribution in [0.15, 0.2) is 0 Å². The van der Waals surface area contributed by atoms with Crippen LogP contribution >= 0.6 is 0 Å². The van der Waals surface area contributed by atoms with Gasteiger partial charge >= 0.3 is 18.1 Å². The van der Waals surface area contributed by atoms with Gasteiger partial charge in [-0.1, -0.05) is 6.42 Å². The van der Waals surface area contributed by atoms with Crippen LogP contribution in [-0.2, 0) is 9.59 Å². The molecule has 0 spiro atoms. The monoisotopic (exact) mass is 237 g/mol. The van der Waals surface area contributed by atoms with E-state index in [1.54, 1.807) is 5.32 Å². The Hall–Kier alpha value is -1.27. The van der Waals surface area contributed by atoms with Crippen LogP contribution in [0.1, 0.15) is 19.3 Å². The molecule has 0 aliphatic heterocycles. The van der Waals surface area contributed by atoms with Crippen molar-refractivity contribution in [2.45, 2.75) is 31.0 Å². The molecule has 2 aliphatic carbocycles. The summed E-state index contributed by atoms with van der Waals surface area (Å²) in [5, 5.41) is 10.6. The molecule has 1 amide bonds. The van der Waals surface area contributed by atoms with Crippen molar-refractivity contribution in [3.05, 3.63) is 0 Å². The number of carbonyl (C=O) groups excluding carboxylic acids is 1. The zero-order chi connectivity index (χ0) is 12.1. The molecule has 4 nitrogen and oxygen atoms in total. The number of halogens is 3. The van der Waals surface area contributed by atoms with Crippen LogP contribution in [0.3, 0.4) is 0 Å². The molecule has 2 rings (SSSR count). The predicted molar refractivity (Wildman–Crippen MR) is 45.4 cm³/mol. The van der Waals surface area contributed by atoms with Gasteiger partial charge in [0.25, 0.3) is 0 Å². The smallest absolute Gasteiger partial charge is 0.471 e. The molecule has 2 saturated carbocycles. The van der Waals surface area contributed by atoms with Crippen LogP contribution in [0.5, 0.6) is 0 Å². The third-order valence-corrected chi connectivity index (χ3v) is 3.51. The summed E-state index contributed by atoms with van der Waals surface area (Å²) in [7, 11) is 0. The van der Waals surface area contributed by atoms with Crippen molar-refractivity contribution in [2.24, 2.45) is 11.8 Å². The van der Waals surface area contributed by atoms with Crippen molar-refractivity contribution in [2.75, 3.05) is 0 Å². The fourth-order valence-corrected chi connectivity index (χ4v) is 2.77. The molecule has 0 heterocycles. The average molecular weight is 237 g/mol. The van der Waals surface area contributed by atoms with Crippen molar-refractivity contribution in [1.82, 2.24) is 5.32 Å². The summed E-state index contributed by atoms with van der Waals surface area (Å²) in [6, 6.07) is 0. The van der Waals surface area contributed by atoms with Crippen molar-refractivity contribution in [3.63, 3.8) is 0 Å². The first-order valence-corrected chi connectivity index (χ1v) is 4.93. The number of aliphatic carboxylic acids is 1. The third kappa shape index (κ3) is 1.37. The molecule has 2 aliphatic rings. The summed E-state index contributed by atoms with van der Waals surface area (Å²) in [4.78, 5) is 21.7. The maximum Gasteiger partial charge on any atom is 0.471 e. The second kappa shape index (κ2) is 3.11. The van der Waals surface area contributed by atoms with Gasteiger partial charge in [0.15, 0.2) is 0 Å². The minimum Gasteiger partial charge on any atom is -0.479 e. The fraction of sp³-hybridized carbons (Fsp3) is 0.778. The zero-order valence-corrected chi connectivity index (χ0v) is 8.17. The van der Waals surface area contributed by atoms with E-state index in [-0.39, 0.29) is 11.8 Å². The van der Waals surface area contributed by atoms with Crippen molar-refractivity contribution in [1.29, 1.82) is 0 Å². The molecule has 0 radical (unpaired) electrons. The Kier molecular flexibility index (Phi) is 2.18. The highest BCUT2D eigenvalue weighted by molar-refractivity contribution is 5.93. The Morgan fingerprint density at radius 1 is 1.25 bits per heavy atom. The molecule has 2 atom stereocenters. The largest absolute Gasteiger partial charge is 0.479 e. The molecule has 2 fully saturated rings. The number of nitrogens with one attached hydrogen (secondary N) is 1. The lowest BCUT2D eigenvalue weighted by molar-refractivity contribution is -0.176. The van der Waals surface area contributed by atoms with Crippen molar-refractivity contribution < 1.29 is 27.9 Å². The second-order valence-corrected chi connectivity index (χ2v) is 4.27. The van der Waals surface area contributed by atoms with Gasteiger partial charge in [0.1, 0.15) is 5.54 Å². The van der Waals surface area contributed by atoms with E-state index in [0.717, 1.165) is 6.42 Å². The van der Waals surface area contributed by atoms with E-state index in [2.05, 4.69) is 0 Å². The van der Waals surface area contributed by atoms with Crippen LogP contribution in [-0.4, -0.2) is 28.7 Å². The SMILES string of the molecule is O=C(NC1(C(=O)O)C2CCCC21)C(F)(F)F. The quantitative estimate of drug-likeness (QED) is 0.750. The molecular weight excluding hydrogens is 227 g/mol. The van der Waals surface area contributed by atoms with Gasteiger partial charge < -0.3 is 10.4 Å². The van der Waals surface area contributed by atoms with E-state index < -0.39 is 23.6 Å². The minimum absolute atomic E-state index is 0.337. The Labute approximate surface area is 88.8 Å². The first-order chi connectivity index (χ1) is 7.30. The summed E-state index contributed by atoms with van der Waals surface area (Å²) in [6.45, 7) is 0. The highest BCUT2D eigenvalue weighted by Crippen LogP contribution is 2.60. The molecule has 2 N–H and O–H groups in total. The first kappa shape index (κ1) is 11.2. The van der Waals surface area contributed by atoms with Gasteiger partial charge in [-0.05, 0) is 24.7 Å². The van der Waals surface area contributed by atoms with Crippen LogP contribution in [0.2, 0.25) is 0 Å². The van der Waals surface area contributed by atoms with Gasteiger partial charge in [0.05, 0.1) is 0 Å². The number of rotatable bonds is 2. The van der Waals surface area contributed by atoms with E-state index in [0.29, 0.717) is 12.8 Å². The number of hydrogen-bond acceptors (Lipinski definition) is 2. The summed E-state index contributed by atoms with van der Waals surface area (Å²) in [6.07, 6.45) is -3.09. The van der Waals surface area contributed by atoms with Gasteiger partial charge in [-0.15, -0.1) is 0 Å². The Bertz CT molecular complexity index is 342. The van der Waals surface area contributed by atoms with Crippen LogP contribution in [0.25, 0.3) is 0 Å². The number of fused-ring (bicyclic) bond motifs is 1. The number of amides is 1. The van der Waals surface area contributed by atoms with Crippen LogP contribution < -0.4 is 5.32 Å². The van der Waals surface area contributed by atoms with Crippen LogP contribution in [0.4, 0.5) is 13.2 Å². The lowest BCUT2D eigenvalue weighted by atomic mass is 10.1.